The van der Waals surface area contributed by atoms with Crippen molar-refractivity contribution in [1.82, 2.24) is 9.55 Å². The van der Waals surface area contributed by atoms with E-state index in [0.717, 1.165) is 0 Å². The predicted octanol–water partition coefficient (Wildman–Crippen LogP) is 1.20. The number of aromatic nitrogens is 2. The average molecular weight is 249 g/mol. The fraction of sp³-hybridized carbons (Fsp3) is 0.600. The van der Waals surface area contributed by atoms with Crippen LogP contribution in [0.1, 0.15) is 19.2 Å². The van der Waals surface area contributed by atoms with E-state index in [2.05, 4.69) is 4.98 Å². The molecular formula is C10H14F3N3O. The van der Waals surface area contributed by atoms with Gasteiger partial charge in [0.25, 0.3) is 0 Å². The number of alkyl halides is 3. The number of nitrogens with two attached hydrogens (primary N) is 1. The lowest BCUT2D eigenvalue weighted by Crippen LogP contribution is -2.57. The summed E-state index contributed by atoms with van der Waals surface area (Å²) in [6.07, 6.45) is -1.69. The second-order valence-electron chi connectivity index (χ2n) is 4.08. The number of rotatable bonds is 4. The SMILES string of the molecule is Cn1ccnc1CCC(=O)C(C)(N)C(F)(F)F. The quantitative estimate of drug-likeness (QED) is 0.872. The lowest BCUT2D eigenvalue weighted by molar-refractivity contribution is -0.186. The van der Waals surface area contributed by atoms with E-state index in [9.17, 15) is 18.0 Å². The molecule has 0 saturated heterocycles. The Bertz CT molecular complexity index is 409. The van der Waals surface area contributed by atoms with Crippen molar-refractivity contribution in [2.24, 2.45) is 12.8 Å². The largest absolute Gasteiger partial charge is 0.413 e. The highest BCUT2D eigenvalue weighted by molar-refractivity contribution is 5.88. The molecule has 0 aliphatic heterocycles. The first-order valence-electron chi connectivity index (χ1n) is 5.01. The van der Waals surface area contributed by atoms with Crippen molar-refractivity contribution < 1.29 is 18.0 Å². The van der Waals surface area contributed by atoms with Crippen LogP contribution in [0, 0.1) is 0 Å². The minimum atomic E-state index is -4.73. The van der Waals surface area contributed by atoms with Crippen LogP contribution in [-0.2, 0) is 18.3 Å². The van der Waals surface area contributed by atoms with Gasteiger partial charge in [-0.15, -0.1) is 0 Å². The fourth-order valence-electron chi connectivity index (χ4n) is 1.28. The van der Waals surface area contributed by atoms with Crippen molar-refractivity contribution in [3.05, 3.63) is 18.2 Å². The molecule has 0 bridgehead atoms. The zero-order valence-electron chi connectivity index (χ0n) is 9.58. The van der Waals surface area contributed by atoms with Crippen LogP contribution in [0.15, 0.2) is 12.4 Å². The van der Waals surface area contributed by atoms with Crippen molar-refractivity contribution >= 4 is 5.78 Å². The third kappa shape index (κ3) is 2.85. The van der Waals surface area contributed by atoms with Gasteiger partial charge in [0.2, 0.25) is 0 Å². The number of aryl methyl sites for hydroxylation is 2. The van der Waals surface area contributed by atoms with Crippen molar-refractivity contribution in [1.29, 1.82) is 0 Å². The third-order valence-corrected chi connectivity index (χ3v) is 2.66. The van der Waals surface area contributed by atoms with E-state index in [1.165, 1.54) is 6.20 Å². The highest BCUT2D eigenvalue weighted by Gasteiger charge is 2.52. The molecule has 0 aliphatic carbocycles. The molecule has 7 heteroatoms. The molecule has 17 heavy (non-hydrogen) atoms. The Kier molecular flexibility index (Phi) is 3.61. The van der Waals surface area contributed by atoms with Gasteiger partial charge in [0.15, 0.2) is 11.3 Å². The lowest BCUT2D eigenvalue weighted by Gasteiger charge is -2.25. The molecule has 96 valence electrons. The first-order chi connectivity index (χ1) is 7.66. The van der Waals surface area contributed by atoms with Gasteiger partial charge in [-0.3, -0.25) is 4.79 Å². The van der Waals surface area contributed by atoms with Gasteiger partial charge in [0, 0.05) is 32.3 Å². The molecule has 1 atom stereocenters. The van der Waals surface area contributed by atoms with Crippen molar-refractivity contribution in [3.63, 3.8) is 0 Å². The second kappa shape index (κ2) is 4.48. The van der Waals surface area contributed by atoms with Crippen LogP contribution in [0.3, 0.4) is 0 Å². The summed E-state index contributed by atoms with van der Waals surface area (Å²) in [5, 5.41) is 0. The van der Waals surface area contributed by atoms with E-state index in [1.807, 2.05) is 0 Å². The molecule has 1 unspecified atom stereocenters. The maximum atomic E-state index is 12.5. The van der Waals surface area contributed by atoms with Crippen LogP contribution in [0.4, 0.5) is 13.2 Å². The maximum absolute atomic E-state index is 12.5. The summed E-state index contributed by atoms with van der Waals surface area (Å²) >= 11 is 0. The molecule has 1 aromatic rings. The Labute approximate surface area is 96.6 Å². The topological polar surface area (TPSA) is 60.9 Å². The molecule has 0 radical (unpaired) electrons. The molecule has 1 heterocycles. The molecule has 0 spiro atoms. The third-order valence-electron chi connectivity index (χ3n) is 2.66. The number of halogens is 3. The van der Waals surface area contributed by atoms with E-state index in [-0.39, 0.29) is 12.8 Å². The second-order valence-corrected chi connectivity index (χ2v) is 4.08. The van der Waals surface area contributed by atoms with Gasteiger partial charge in [-0.25, -0.2) is 4.98 Å². The van der Waals surface area contributed by atoms with Crippen LogP contribution in [0.25, 0.3) is 0 Å². The van der Waals surface area contributed by atoms with Gasteiger partial charge >= 0.3 is 6.18 Å². The van der Waals surface area contributed by atoms with Crippen molar-refractivity contribution in [3.8, 4) is 0 Å². The number of imidazole rings is 1. The molecule has 2 N–H and O–H groups in total. The van der Waals surface area contributed by atoms with Gasteiger partial charge in [0.05, 0.1) is 0 Å². The van der Waals surface area contributed by atoms with Crippen LogP contribution < -0.4 is 5.73 Å². The van der Waals surface area contributed by atoms with Gasteiger partial charge in [-0.1, -0.05) is 0 Å². The van der Waals surface area contributed by atoms with Crippen molar-refractivity contribution in [2.45, 2.75) is 31.5 Å². The van der Waals surface area contributed by atoms with Crippen molar-refractivity contribution in [2.75, 3.05) is 0 Å². The molecule has 1 rings (SSSR count). The van der Waals surface area contributed by atoms with E-state index in [1.54, 1.807) is 17.8 Å². The normalized spacial score (nSPS) is 15.6. The Balaban J connectivity index is 2.65. The van der Waals surface area contributed by atoms with E-state index >= 15 is 0 Å². The zero-order chi connectivity index (χ0) is 13.3. The minimum absolute atomic E-state index is 0.144. The van der Waals surface area contributed by atoms with Crippen LogP contribution in [-0.4, -0.2) is 27.0 Å². The summed E-state index contributed by atoms with van der Waals surface area (Å²) in [5.74, 6) is -0.482. The van der Waals surface area contributed by atoms with E-state index in [0.29, 0.717) is 12.7 Å². The molecule has 1 aromatic heterocycles. The Morgan fingerprint density at radius 2 is 2.12 bits per heavy atom. The van der Waals surface area contributed by atoms with Gasteiger partial charge in [-0.05, 0) is 6.92 Å². The number of carbonyl (C=O) groups is 1. The maximum Gasteiger partial charge on any atom is 0.413 e. The van der Waals surface area contributed by atoms with Crippen LogP contribution in [0.5, 0.6) is 0 Å². The number of hydrogen-bond acceptors (Lipinski definition) is 3. The number of carbonyl (C=O) groups excluding carboxylic acids is 1. The monoisotopic (exact) mass is 249 g/mol. The Morgan fingerprint density at radius 1 is 1.53 bits per heavy atom. The molecule has 0 aliphatic rings. The minimum Gasteiger partial charge on any atom is -0.338 e. The summed E-state index contributed by atoms with van der Waals surface area (Å²) < 4.78 is 39.0. The van der Waals surface area contributed by atoms with E-state index < -0.39 is 17.5 Å². The molecule has 0 saturated carbocycles. The van der Waals surface area contributed by atoms with E-state index in [4.69, 9.17) is 5.73 Å². The lowest BCUT2D eigenvalue weighted by atomic mass is 9.93. The smallest absolute Gasteiger partial charge is 0.338 e. The molecule has 4 nitrogen and oxygen atoms in total. The van der Waals surface area contributed by atoms with Crippen LogP contribution in [0.2, 0.25) is 0 Å². The fourth-order valence-corrected chi connectivity index (χ4v) is 1.28. The molecular weight excluding hydrogens is 235 g/mol. The number of nitrogens with zero attached hydrogens (tertiary/aromatic N) is 2. The summed E-state index contributed by atoms with van der Waals surface area (Å²) in [5.41, 5.74) is 2.22. The standard InChI is InChI=1S/C10H14F3N3O/c1-9(14,10(11,12)13)7(17)3-4-8-15-5-6-16(8)2/h5-6H,3-4,14H2,1-2H3. The van der Waals surface area contributed by atoms with Gasteiger partial charge in [0.1, 0.15) is 5.82 Å². The molecule has 0 fully saturated rings. The average Bonchev–Trinajstić information content (AvgIpc) is 2.58. The summed E-state index contributed by atoms with van der Waals surface area (Å²) in [6.45, 7) is 0.688. The Morgan fingerprint density at radius 3 is 2.53 bits per heavy atom. The molecule has 0 amide bonds. The van der Waals surface area contributed by atoms with Gasteiger partial charge < -0.3 is 10.3 Å². The Hall–Kier alpha value is -1.37. The summed E-state index contributed by atoms with van der Waals surface area (Å²) in [6, 6.07) is 0. The zero-order valence-corrected chi connectivity index (χ0v) is 9.58. The first kappa shape index (κ1) is 13.7. The van der Waals surface area contributed by atoms with Crippen LogP contribution >= 0.6 is 0 Å². The highest BCUT2D eigenvalue weighted by Crippen LogP contribution is 2.29. The first-order valence-corrected chi connectivity index (χ1v) is 5.01. The number of hydrogen-bond donors (Lipinski definition) is 1. The summed E-state index contributed by atoms with van der Waals surface area (Å²) in [7, 11) is 1.71. The van der Waals surface area contributed by atoms with Gasteiger partial charge in [-0.2, -0.15) is 13.2 Å². The summed E-state index contributed by atoms with van der Waals surface area (Å²) in [4.78, 5) is 15.4. The molecule has 0 aromatic carbocycles. The number of ketones is 1. The predicted molar refractivity (Wildman–Crippen MR) is 55.2 cm³/mol. The highest BCUT2D eigenvalue weighted by atomic mass is 19.4. The number of Topliss-reactive ketones (excluding diaryl/α,β-unsaturated/α-hetero) is 1.